The molecule has 2 aromatic carbocycles. The lowest BCUT2D eigenvalue weighted by atomic mass is 10.0. The van der Waals surface area contributed by atoms with Crippen molar-refractivity contribution in [3.05, 3.63) is 59.7 Å². The van der Waals surface area contributed by atoms with E-state index in [1.54, 1.807) is 0 Å². The summed E-state index contributed by atoms with van der Waals surface area (Å²) in [6.07, 6.45) is 0. The highest BCUT2D eigenvalue weighted by Crippen LogP contribution is 2.24. The van der Waals surface area contributed by atoms with E-state index in [1.807, 2.05) is 24.3 Å². The first-order valence-electron chi connectivity index (χ1n) is 7.80. The third kappa shape index (κ3) is 4.25. The van der Waals surface area contributed by atoms with Gasteiger partial charge in [-0.15, -0.1) is 0 Å². The smallest absolute Gasteiger partial charge is 0.264 e. The van der Waals surface area contributed by atoms with Gasteiger partial charge < -0.3 is 5.32 Å². The molecule has 0 fully saturated rings. The highest BCUT2D eigenvalue weighted by atomic mass is 32.2. The van der Waals surface area contributed by atoms with Crippen molar-refractivity contribution in [2.75, 3.05) is 19.5 Å². The Kier molecular flexibility index (Phi) is 5.94. The van der Waals surface area contributed by atoms with E-state index in [1.165, 1.54) is 38.4 Å². The summed E-state index contributed by atoms with van der Waals surface area (Å²) in [6.45, 7) is 4.11. The maximum absolute atomic E-state index is 12.4. The van der Waals surface area contributed by atoms with Gasteiger partial charge in [-0.05, 0) is 41.8 Å². The third-order valence-electron chi connectivity index (χ3n) is 3.84. The minimum atomic E-state index is -3.73. The molecule has 0 bridgehead atoms. The lowest BCUT2D eigenvalue weighted by molar-refractivity contribution is -0.0258. The summed E-state index contributed by atoms with van der Waals surface area (Å²) in [4.78, 5) is 17.2. The summed E-state index contributed by atoms with van der Waals surface area (Å²) < 4.78 is 25.1. The van der Waals surface area contributed by atoms with Crippen molar-refractivity contribution in [3.8, 4) is 0 Å². The molecule has 0 heterocycles. The molecule has 1 amide bonds. The van der Waals surface area contributed by atoms with Crippen molar-refractivity contribution in [1.29, 1.82) is 0 Å². The van der Waals surface area contributed by atoms with Crippen LogP contribution in [-0.2, 0) is 14.9 Å². The minimum absolute atomic E-state index is 0.0518. The van der Waals surface area contributed by atoms with Crippen LogP contribution in [0.2, 0.25) is 0 Å². The predicted octanol–water partition coefficient (Wildman–Crippen LogP) is 3.24. The zero-order chi connectivity index (χ0) is 18.6. The second-order valence-corrected chi connectivity index (χ2v) is 7.75. The third-order valence-corrected chi connectivity index (χ3v) is 5.53. The summed E-state index contributed by atoms with van der Waals surface area (Å²) in [5.41, 5.74) is 2.16. The van der Waals surface area contributed by atoms with Crippen LogP contribution in [0.5, 0.6) is 0 Å². The Morgan fingerprint density at radius 3 is 2.24 bits per heavy atom. The summed E-state index contributed by atoms with van der Waals surface area (Å²) in [5, 5.41) is 2.88. The average Bonchev–Trinajstić information content (AvgIpc) is 2.61. The zero-order valence-corrected chi connectivity index (χ0v) is 15.5. The lowest BCUT2D eigenvalue weighted by Crippen LogP contribution is -2.25. The molecule has 0 spiro atoms. The van der Waals surface area contributed by atoms with Crippen LogP contribution in [-0.4, -0.2) is 33.0 Å². The van der Waals surface area contributed by atoms with Crippen molar-refractivity contribution in [2.24, 2.45) is 0 Å². The van der Waals surface area contributed by atoms with Crippen LogP contribution < -0.4 is 5.32 Å². The molecule has 7 heteroatoms. The second kappa shape index (κ2) is 7.77. The van der Waals surface area contributed by atoms with E-state index < -0.39 is 10.0 Å². The van der Waals surface area contributed by atoms with Gasteiger partial charge in [-0.3, -0.25) is 9.63 Å². The van der Waals surface area contributed by atoms with E-state index in [-0.39, 0.29) is 16.7 Å². The number of benzene rings is 2. The first-order valence-corrected chi connectivity index (χ1v) is 9.24. The molecule has 0 atom stereocenters. The number of para-hydroxylation sites is 1. The van der Waals surface area contributed by atoms with Gasteiger partial charge in [0.2, 0.25) is 0 Å². The molecule has 1 N–H and O–H groups in total. The largest absolute Gasteiger partial charge is 0.322 e. The molecule has 6 nitrogen and oxygen atoms in total. The number of amides is 1. The van der Waals surface area contributed by atoms with Gasteiger partial charge in [-0.25, -0.2) is 8.42 Å². The van der Waals surface area contributed by atoms with Crippen LogP contribution in [0.3, 0.4) is 0 Å². The van der Waals surface area contributed by atoms with Gasteiger partial charge in [-0.1, -0.05) is 36.5 Å². The molecule has 0 aliphatic heterocycles. The lowest BCUT2D eigenvalue weighted by Gasteiger charge is -2.15. The fourth-order valence-corrected chi connectivity index (χ4v) is 3.31. The topological polar surface area (TPSA) is 75.7 Å². The maximum Gasteiger partial charge on any atom is 0.264 e. The number of anilines is 1. The first-order chi connectivity index (χ1) is 11.8. The normalized spacial score (nSPS) is 11.8. The van der Waals surface area contributed by atoms with Crippen LogP contribution in [0.25, 0.3) is 0 Å². The van der Waals surface area contributed by atoms with E-state index in [2.05, 4.69) is 19.2 Å². The molecule has 134 valence electrons. The van der Waals surface area contributed by atoms with E-state index in [0.717, 1.165) is 15.7 Å². The Balaban J connectivity index is 2.22. The van der Waals surface area contributed by atoms with E-state index in [9.17, 15) is 13.2 Å². The highest BCUT2D eigenvalue weighted by molar-refractivity contribution is 7.89. The van der Waals surface area contributed by atoms with Crippen molar-refractivity contribution in [2.45, 2.75) is 24.7 Å². The van der Waals surface area contributed by atoms with Gasteiger partial charge in [0.25, 0.3) is 15.9 Å². The molecule has 2 aromatic rings. The fraction of sp³-hybridized carbons (Fsp3) is 0.278. The Bertz CT molecular complexity index is 846. The summed E-state index contributed by atoms with van der Waals surface area (Å²) in [6, 6.07) is 13.3. The van der Waals surface area contributed by atoms with E-state index in [4.69, 9.17) is 4.84 Å². The number of hydrogen-bond donors (Lipinski definition) is 1. The van der Waals surface area contributed by atoms with Gasteiger partial charge in [0.05, 0.1) is 12.0 Å². The molecule has 0 saturated carbocycles. The Labute approximate surface area is 148 Å². The maximum atomic E-state index is 12.4. The van der Waals surface area contributed by atoms with Crippen LogP contribution in [0.1, 0.15) is 35.7 Å². The molecule has 0 aliphatic rings. The highest BCUT2D eigenvalue weighted by Gasteiger charge is 2.21. The van der Waals surface area contributed by atoms with Crippen molar-refractivity contribution in [3.63, 3.8) is 0 Å². The SMILES string of the molecule is CON(C)S(=O)(=O)c1ccc(C(=O)Nc2ccccc2C(C)C)cc1. The quantitative estimate of drug-likeness (QED) is 0.801. The summed E-state index contributed by atoms with van der Waals surface area (Å²) >= 11 is 0. The molecule has 0 unspecified atom stereocenters. The number of nitrogens with one attached hydrogen (secondary N) is 1. The second-order valence-electron chi connectivity index (χ2n) is 5.82. The van der Waals surface area contributed by atoms with Crippen molar-refractivity contribution in [1.82, 2.24) is 4.47 Å². The number of hydrogen-bond acceptors (Lipinski definition) is 4. The zero-order valence-electron chi connectivity index (χ0n) is 14.7. The number of rotatable bonds is 6. The number of carbonyl (C=O) groups excluding carboxylic acids is 1. The molecule has 0 saturated heterocycles. The fourth-order valence-electron chi connectivity index (χ4n) is 2.33. The molecule has 25 heavy (non-hydrogen) atoms. The molecule has 0 radical (unpaired) electrons. The Morgan fingerprint density at radius 1 is 1.08 bits per heavy atom. The van der Waals surface area contributed by atoms with Gasteiger partial charge in [-0.2, -0.15) is 0 Å². The molecular weight excluding hydrogens is 340 g/mol. The Morgan fingerprint density at radius 2 is 1.68 bits per heavy atom. The van der Waals surface area contributed by atoms with Crippen LogP contribution >= 0.6 is 0 Å². The van der Waals surface area contributed by atoms with Crippen molar-refractivity contribution >= 4 is 21.6 Å². The minimum Gasteiger partial charge on any atom is -0.322 e. The molecule has 0 aromatic heterocycles. The molecular formula is C18H22N2O4S. The van der Waals surface area contributed by atoms with Crippen LogP contribution in [0.4, 0.5) is 5.69 Å². The Hall–Kier alpha value is -2.22. The summed E-state index contributed by atoms with van der Waals surface area (Å²) in [7, 11) is -1.16. The van der Waals surface area contributed by atoms with Gasteiger partial charge in [0, 0.05) is 18.3 Å². The van der Waals surface area contributed by atoms with E-state index in [0.29, 0.717) is 5.56 Å². The van der Waals surface area contributed by atoms with Crippen LogP contribution in [0.15, 0.2) is 53.4 Å². The van der Waals surface area contributed by atoms with E-state index >= 15 is 0 Å². The molecule has 2 rings (SSSR count). The van der Waals surface area contributed by atoms with Gasteiger partial charge in [0.1, 0.15) is 0 Å². The van der Waals surface area contributed by atoms with Gasteiger partial charge in [0.15, 0.2) is 0 Å². The monoisotopic (exact) mass is 362 g/mol. The van der Waals surface area contributed by atoms with Crippen LogP contribution in [0, 0.1) is 0 Å². The number of carbonyl (C=O) groups is 1. The summed E-state index contributed by atoms with van der Waals surface area (Å²) in [5.74, 6) is -0.0225. The molecule has 0 aliphatic carbocycles. The number of hydroxylamine groups is 1. The number of sulfonamides is 1. The first kappa shape index (κ1) is 19.1. The number of nitrogens with zero attached hydrogens (tertiary/aromatic N) is 1. The average molecular weight is 362 g/mol. The standard InChI is InChI=1S/C18H22N2O4S/c1-13(2)16-7-5-6-8-17(16)19-18(21)14-9-11-15(12-10-14)25(22,23)20(3)24-4/h5-13H,1-4H3,(H,19,21). The van der Waals surface area contributed by atoms with Gasteiger partial charge >= 0.3 is 0 Å². The predicted molar refractivity (Wildman–Crippen MR) is 96.9 cm³/mol. The van der Waals surface area contributed by atoms with Crippen molar-refractivity contribution < 1.29 is 18.0 Å².